The fourth-order valence-electron chi connectivity index (χ4n) is 7.27. The highest BCUT2D eigenvalue weighted by Crippen LogP contribution is 2.56. The van der Waals surface area contributed by atoms with Crippen molar-refractivity contribution in [1.82, 2.24) is 4.98 Å². The molecular weight excluding hydrogens is 552 g/mol. The zero-order valence-corrected chi connectivity index (χ0v) is 25.2. The number of fused-ring (bicyclic) bond motifs is 3. The van der Waals surface area contributed by atoms with Crippen LogP contribution in [0.5, 0.6) is 5.75 Å². The van der Waals surface area contributed by atoms with Gasteiger partial charge in [-0.1, -0.05) is 55.8 Å². The first-order valence-electron chi connectivity index (χ1n) is 14.6. The van der Waals surface area contributed by atoms with Crippen LogP contribution in [0.4, 0.5) is 5.69 Å². The van der Waals surface area contributed by atoms with E-state index < -0.39 is 11.5 Å². The minimum atomic E-state index is -1.01. The Labute approximate surface area is 250 Å². The second-order valence-electron chi connectivity index (χ2n) is 12.2. The van der Waals surface area contributed by atoms with E-state index in [0.717, 1.165) is 47.3 Å². The summed E-state index contributed by atoms with van der Waals surface area (Å²) in [5, 5.41) is 16.5. The summed E-state index contributed by atoms with van der Waals surface area (Å²) in [5.74, 6) is 1.40. The minimum Gasteiger partial charge on any atom is -0.492 e. The summed E-state index contributed by atoms with van der Waals surface area (Å²) in [5.41, 5.74) is 3.54. The third kappa shape index (κ3) is 5.32. The van der Waals surface area contributed by atoms with Crippen LogP contribution < -0.4 is 10.1 Å². The standard InChI is InChI=1S/C34H37ClN2O3S/c1-22(2)24(21-40-30-10-16-36-29-11-17-41-31(29)30)19-25-18-23-6-3-4-9-28(23)33(25)12-14-34(15-13-33,32(38)39)37-27-8-5-7-26(35)20-27/h3-11,16-17,20,22,24-25,37H,12-15,18-19,21H2,1-2H3,(H,38,39). The number of nitrogens with zero attached hydrogens (tertiary/aromatic N) is 1. The molecule has 2 aromatic carbocycles. The Morgan fingerprint density at radius 2 is 1.93 bits per heavy atom. The van der Waals surface area contributed by atoms with E-state index in [9.17, 15) is 9.90 Å². The second-order valence-corrected chi connectivity index (χ2v) is 13.6. The minimum absolute atomic E-state index is 0.0314. The van der Waals surface area contributed by atoms with Crippen LogP contribution in [0, 0.1) is 17.8 Å². The van der Waals surface area contributed by atoms with Crippen LogP contribution >= 0.6 is 22.9 Å². The molecule has 1 spiro atoms. The first-order valence-corrected chi connectivity index (χ1v) is 15.9. The first-order chi connectivity index (χ1) is 19.8. The molecule has 214 valence electrons. The molecule has 1 saturated carbocycles. The molecule has 2 aliphatic carbocycles. The quantitative estimate of drug-likeness (QED) is 0.205. The Balaban J connectivity index is 1.24. The monoisotopic (exact) mass is 588 g/mol. The molecule has 2 heterocycles. The van der Waals surface area contributed by atoms with Gasteiger partial charge in [-0.25, -0.2) is 4.79 Å². The maximum Gasteiger partial charge on any atom is 0.329 e. The number of pyridine rings is 1. The largest absolute Gasteiger partial charge is 0.492 e. The van der Waals surface area contributed by atoms with Crippen molar-refractivity contribution in [3.05, 3.63) is 88.4 Å². The first kappa shape index (κ1) is 28.0. The van der Waals surface area contributed by atoms with Crippen molar-refractivity contribution in [3.8, 4) is 5.75 Å². The molecule has 2 aromatic heterocycles. The molecule has 2 N–H and O–H groups in total. The van der Waals surface area contributed by atoms with Gasteiger partial charge in [-0.15, -0.1) is 11.3 Å². The number of rotatable bonds is 9. The van der Waals surface area contributed by atoms with E-state index in [0.29, 0.717) is 42.2 Å². The number of benzene rings is 2. The van der Waals surface area contributed by atoms with Crippen LogP contribution in [-0.2, 0) is 16.6 Å². The molecule has 0 amide bonds. The molecule has 4 aromatic rings. The van der Waals surface area contributed by atoms with Gasteiger partial charge >= 0.3 is 5.97 Å². The normalized spacial score (nSPS) is 24.4. The number of aliphatic carboxylic acids is 1. The second kappa shape index (κ2) is 11.3. The number of carboxylic acid groups (broad SMARTS) is 1. The zero-order valence-electron chi connectivity index (χ0n) is 23.6. The summed E-state index contributed by atoms with van der Waals surface area (Å²) < 4.78 is 7.58. The number of carbonyl (C=O) groups is 1. The van der Waals surface area contributed by atoms with E-state index in [2.05, 4.69) is 53.8 Å². The Hall–Kier alpha value is -3.09. The number of thiophene rings is 1. The summed E-state index contributed by atoms with van der Waals surface area (Å²) in [7, 11) is 0. The molecule has 0 radical (unpaired) electrons. The van der Waals surface area contributed by atoms with Crippen molar-refractivity contribution in [2.24, 2.45) is 17.8 Å². The SMILES string of the molecule is CC(C)C(COc1ccnc2ccsc12)CC1Cc2ccccc2C12CCC(Nc1cccc(Cl)c1)(C(=O)O)CC2. The highest BCUT2D eigenvalue weighted by Gasteiger charge is 2.54. The highest BCUT2D eigenvalue weighted by atomic mass is 35.5. The maximum absolute atomic E-state index is 12.7. The summed E-state index contributed by atoms with van der Waals surface area (Å²) in [6.07, 6.45) is 6.70. The van der Waals surface area contributed by atoms with Gasteiger partial charge in [-0.05, 0) is 109 Å². The Kier molecular flexibility index (Phi) is 7.73. The average Bonchev–Trinajstić information content (AvgIpc) is 3.56. The number of nitrogens with one attached hydrogen (secondary N) is 1. The van der Waals surface area contributed by atoms with Crippen LogP contribution in [0.15, 0.2) is 72.2 Å². The molecular formula is C34H37ClN2O3S. The molecule has 7 heteroatoms. The number of ether oxygens (including phenoxy) is 1. The average molecular weight is 589 g/mol. The lowest BCUT2D eigenvalue weighted by Crippen LogP contribution is -2.53. The molecule has 0 saturated heterocycles. The van der Waals surface area contributed by atoms with Crippen molar-refractivity contribution in [2.75, 3.05) is 11.9 Å². The van der Waals surface area contributed by atoms with Gasteiger partial charge in [0.25, 0.3) is 0 Å². The smallest absolute Gasteiger partial charge is 0.329 e. The van der Waals surface area contributed by atoms with Gasteiger partial charge in [-0.3, -0.25) is 4.98 Å². The third-order valence-electron chi connectivity index (χ3n) is 9.71. The molecule has 2 aliphatic rings. The maximum atomic E-state index is 12.7. The Morgan fingerprint density at radius 1 is 1.12 bits per heavy atom. The highest BCUT2D eigenvalue weighted by molar-refractivity contribution is 7.17. The fourth-order valence-corrected chi connectivity index (χ4v) is 8.28. The van der Waals surface area contributed by atoms with Gasteiger partial charge in [0.2, 0.25) is 0 Å². The van der Waals surface area contributed by atoms with Crippen molar-refractivity contribution in [2.45, 2.75) is 63.3 Å². The molecule has 6 rings (SSSR count). The van der Waals surface area contributed by atoms with Crippen LogP contribution in [0.3, 0.4) is 0 Å². The molecule has 0 bridgehead atoms. The zero-order chi connectivity index (χ0) is 28.6. The van der Waals surface area contributed by atoms with Crippen molar-refractivity contribution in [1.29, 1.82) is 0 Å². The fraction of sp³-hybridized carbons (Fsp3) is 0.412. The topological polar surface area (TPSA) is 71.5 Å². The van der Waals surface area contributed by atoms with E-state index >= 15 is 0 Å². The number of hydrogen-bond acceptors (Lipinski definition) is 5. The Morgan fingerprint density at radius 3 is 2.68 bits per heavy atom. The van der Waals surface area contributed by atoms with Gasteiger partial charge in [-0.2, -0.15) is 0 Å². The van der Waals surface area contributed by atoms with Gasteiger partial charge in [0.05, 0.1) is 16.8 Å². The van der Waals surface area contributed by atoms with Crippen LogP contribution in [0.1, 0.15) is 57.1 Å². The number of hydrogen-bond donors (Lipinski definition) is 2. The lowest BCUT2D eigenvalue weighted by molar-refractivity contribution is -0.144. The van der Waals surface area contributed by atoms with Crippen molar-refractivity contribution >= 4 is 44.8 Å². The van der Waals surface area contributed by atoms with E-state index in [1.807, 2.05) is 42.6 Å². The molecule has 41 heavy (non-hydrogen) atoms. The van der Waals surface area contributed by atoms with Gasteiger partial charge in [0.1, 0.15) is 11.3 Å². The molecule has 5 nitrogen and oxygen atoms in total. The predicted molar refractivity (Wildman–Crippen MR) is 167 cm³/mol. The van der Waals surface area contributed by atoms with Crippen LogP contribution in [0.25, 0.3) is 10.2 Å². The molecule has 2 unspecified atom stereocenters. The number of carboxylic acids is 1. The van der Waals surface area contributed by atoms with Gasteiger partial charge < -0.3 is 15.2 Å². The van der Waals surface area contributed by atoms with Gasteiger partial charge in [0, 0.05) is 16.9 Å². The van der Waals surface area contributed by atoms with Crippen molar-refractivity contribution in [3.63, 3.8) is 0 Å². The van der Waals surface area contributed by atoms with E-state index in [1.54, 1.807) is 11.3 Å². The third-order valence-corrected chi connectivity index (χ3v) is 10.9. The van der Waals surface area contributed by atoms with Crippen LogP contribution in [0.2, 0.25) is 5.02 Å². The van der Waals surface area contributed by atoms with E-state index in [-0.39, 0.29) is 5.41 Å². The molecule has 1 fully saturated rings. The predicted octanol–water partition coefficient (Wildman–Crippen LogP) is 8.61. The summed E-state index contributed by atoms with van der Waals surface area (Å²) in [6, 6.07) is 20.2. The van der Waals surface area contributed by atoms with Crippen LogP contribution in [-0.4, -0.2) is 28.2 Å². The Bertz CT molecular complexity index is 1540. The molecule has 2 atom stereocenters. The summed E-state index contributed by atoms with van der Waals surface area (Å²) in [6.45, 7) is 5.25. The molecule has 0 aliphatic heterocycles. The summed E-state index contributed by atoms with van der Waals surface area (Å²) >= 11 is 7.89. The lowest BCUT2D eigenvalue weighted by atomic mass is 9.59. The van der Waals surface area contributed by atoms with Crippen molar-refractivity contribution < 1.29 is 14.6 Å². The lowest BCUT2D eigenvalue weighted by Gasteiger charge is -2.47. The number of aromatic nitrogens is 1. The van der Waals surface area contributed by atoms with E-state index in [1.165, 1.54) is 11.1 Å². The van der Waals surface area contributed by atoms with E-state index in [4.69, 9.17) is 16.3 Å². The number of anilines is 1. The summed E-state index contributed by atoms with van der Waals surface area (Å²) in [4.78, 5) is 17.2. The number of halogens is 1. The van der Waals surface area contributed by atoms with Gasteiger partial charge in [0.15, 0.2) is 0 Å².